The Bertz CT molecular complexity index is 652. The highest BCUT2D eigenvalue weighted by Crippen LogP contribution is 2.40. The number of aromatic nitrogens is 1. The fourth-order valence-corrected chi connectivity index (χ4v) is 3.43. The van der Waals surface area contributed by atoms with Crippen LogP contribution in [0.5, 0.6) is 11.5 Å². The van der Waals surface area contributed by atoms with Crippen LogP contribution in [-0.2, 0) is 0 Å². The first kappa shape index (κ1) is 14.6. The van der Waals surface area contributed by atoms with E-state index in [1.165, 1.54) is 4.88 Å². The topological polar surface area (TPSA) is 57.4 Å². The number of ether oxygens (including phenoxy) is 2. The Morgan fingerprint density at radius 1 is 1.29 bits per heavy atom. The van der Waals surface area contributed by atoms with Crippen molar-refractivity contribution in [2.24, 2.45) is 5.73 Å². The lowest BCUT2D eigenvalue weighted by atomic mass is 10.1. The largest absolute Gasteiger partial charge is 0.489 e. The molecule has 1 atom stereocenters. The van der Waals surface area contributed by atoms with Crippen molar-refractivity contribution in [3.05, 3.63) is 38.3 Å². The Kier molecular flexibility index (Phi) is 4.06. The number of benzene rings is 1. The number of nitrogens with zero attached hydrogens (tertiary/aromatic N) is 1. The van der Waals surface area contributed by atoms with Gasteiger partial charge >= 0.3 is 0 Å². The van der Waals surface area contributed by atoms with E-state index in [0.717, 1.165) is 22.7 Å². The summed E-state index contributed by atoms with van der Waals surface area (Å²) >= 11 is 7.92. The number of hydrogen-bond acceptors (Lipinski definition) is 5. The van der Waals surface area contributed by atoms with E-state index in [2.05, 4.69) is 4.98 Å². The number of hydrogen-bond donors (Lipinski definition) is 1. The van der Waals surface area contributed by atoms with Crippen LogP contribution in [0.2, 0.25) is 5.02 Å². The van der Waals surface area contributed by atoms with Crippen LogP contribution in [0, 0.1) is 13.8 Å². The van der Waals surface area contributed by atoms with Gasteiger partial charge < -0.3 is 15.2 Å². The van der Waals surface area contributed by atoms with E-state index in [0.29, 0.717) is 29.7 Å². The van der Waals surface area contributed by atoms with Crippen molar-refractivity contribution in [3.8, 4) is 11.5 Å². The van der Waals surface area contributed by atoms with Crippen LogP contribution in [0.4, 0.5) is 0 Å². The normalized spacial score (nSPS) is 15.6. The van der Waals surface area contributed by atoms with E-state index in [9.17, 15) is 0 Å². The highest BCUT2D eigenvalue weighted by atomic mass is 35.5. The maximum atomic E-state index is 6.33. The Labute approximate surface area is 132 Å². The highest BCUT2D eigenvalue weighted by molar-refractivity contribution is 7.11. The summed E-state index contributed by atoms with van der Waals surface area (Å²) in [5.41, 5.74) is 8.24. The molecule has 1 aliphatic heterocycles. The van der Waals surface area contributed by atoms with Crippen LogP contribution in [0.3, 0.4) is 0 Å². The summed E-state index contributed by atoms with van der Waals surface area (Å²) in [4.78, 5) is 5.71. The highest BCUT2D eigenvalue weighted by Gasteiger charge is 2.21. The summed E-state index contributed by atoms with van der Waals surface area (Å²) in [5, 5.41) is 1.42. The van der Waals surface area contributed by atoms with Gasteiger partial charge in [0.25, 0.3) is 0 Å². The van der Waals surface area contributed by atoms with Gasteiger partial charge in [-0.2, -0.15) is 0 Å². The van der Waals surface area contributed by atoms with Gasteiger partial charge in [-0.25, -0.2) is 4.98 Å². The van der Waals surface area contributed by atoms with E-state index in [1.54, 1.807) is 11.3 Å². The van der Waals surface area contributed by atoms with Crippen LogP contribution in [0.25, 0.3) is 0 Å². The zero-order chi connectivity index (χ0) is 15.0. The minimum atomic E-state index is -0.308. The molecule has 0 amide bonds. The molecule has 21 heavy (non-hydrogen) atoms. The molecule has 0 saturated heterocycles. The smallest absolute Gasteiger partial charge is 0.179 e. The number of thiazole rings is 1. The molecule has 1 aromatic heterocycles. The summed E-state index contributed by atoms with van der Waals surface area (Å²) in [6.07, 6.45) is 0.845. The first-order chi connectivity index (χ1) is 10.1. The van der Waals surface area contributed by atoms with E-state index < -0.39 is 0 Å². The second-order valence-corrected chi connectivity index (χ2v) is 6.69. The first-order valence-electron chi connectivity index (χ1n) is 6.85. The third kappa shape index (κ3) is 2.86. The average Bonchev–Trinajstić information content (AvgIpc) is 2.67. The quantitative estimate of drug-likeness (QED) is 0.916. The van der Waals surface area contributed by atoms with Crippen molar-refractivity contribution in [3.63, 3.8) is 0 Å². The molecular formula is C15H17ClN2O2S. The zero-order valence-electron chi connectivity index (χ0n) is 12.0. The van der Waals surface area contributed by atoms with Crippen LogP contribution in [0.1, 0.15) is 33.6 Å². The first-order valence-corrected chi connectivity index (χ1v) is 8.04. The number of halogens is 1. The standard InChI is InChI=1S/C15H17ClN2O2S/c1-8-9(2)21-15(18-8)13(17)10-6-11(16)14-12(7-10)19-4-3-5-20-14/h6-7,13H,3-5,17H2,1-2H3. The number of fused-ring (bicyclic) bond motifs is 1. The summed E-state index contributed by atoms with van der Waals surface area (Å²) in [7, 11) is 0. The molecule has 1 unspecified atom stereocenters. The minimum Gasteiger partial charge on any atom is -0.489 e. The second-order valence-electron chi connectivity index (χ2n) is 5.05. The molecule has 3 rings (SSSR count). The molecule has 2 N–H and O–H groups in total. The lowest BCUT2D eigenvalue weighted by Crippen LogP contribution is -2.12. The number of nitrogens with two attached hydrogens (primary N) is 1. The number of aryl methyl sites for hydroxylation is 2. The molecule has 4 nitrogen and oxygen atoms in total. The van der Waals surface area contributed by atoms with Crippen LogP contribution in [-0.4, -0.2) is 18.2 Å². The third-order valence-corrected chi connectivity index (χ3v) is 4.93. The Hall–Kier alpha value is -1.30. The van der Waals surface area contributed by atoms with Crippen molar-refractivity contribution in [1.82, 2.24) is 4.98 Å². The van der Waals surface area contributed by atoms with Crippen molar-refractivity contribution in [2.45, 2.75) is 26.3 Å². The van der Waals surface area contributed by atoms with Gasteiger partial charge in [0.2, 0.25) is 0 Å². The van der Waals surface area contributed by atoms with Gasteiger partial charge in [0.05, 0.1) is 30.0 Å². The van der Waals surface area contributed by atoms with Gasteiger partial charge in [0.1, 0.15) is 5.01 Å². The summed E-state index contributed by atoms with van der Waals surface area (Å²) in [6.45, 7) is 5.27. The molecule has 0 radical (unpaired) electrons. The van der Waals surface area contributed by atoms with Gasteiger partial charge in [0, 0.05) is 11.3 Å². The van der Waals surface area contributed by atoms with Crippen LogP contribution >= 0.6 is 22.9 Å². The predicted octanol–water partition coefficient (Wildman–Crippen LogP) is 3.62. The Morgan fingerprint density at radius 2 is 2.05 bits per heavy atom. The van der Waals surface area contributed by atoms with Gasteiger partial charge in [-0.1, -0.05) is 11.6 Å². The van der Waals surface area contributed by atoms with Crippen molar-refractivity contribution in [2.75, 3.05) is 13.2 Å². The molecule has 0 spiro atoms. The van der Waals surface area contributed by atoms with Crippen molar-refractivity contribution >= 4 is 22.9 Å². The van der Waals surface area contributed by atoms with E-state index in [1.807, 2.05) is 26.0 Å². The SMILES string of the molecule is Cc1nc(C(N)c2cc(Cl)c3c(c2)OCCCO3)sc1C. The minimum absolute atomic E-state index is 0.308. The number of rotatable bonds is 2. The Balaban J connectivity index is 1.98. The van der Waals surface area contributed by atoms with E-state index in [4.69, 9.17) is 26.8 Å². The summed E-state index contributed by atoms with van der Waals surface area (Å²) in [5.74, 6) is 1.27. The molecule has 1 aromatic carbocycles. The predicted molar refractivity (Wildman–Crippen MR) is 84.7 cm³/mol. The molecule has 0 bridgehead atoms. The molecule has 6 heteroatoms. The lowest BCUT2D eigenvalue weighted by Gasteiger charge is -2.14. The maximum absolute atomic E-state index is 6.33. The molecule has 0 aliphatic carbocycles. The van der Waals surface area contributed by atoms with E-state index >= 15 is 0 Å². The molecule has 0 fully saturated rings. The Morgan fingerprint density at radius 3 is 2.76 bits per heavy atom. The summed E-state index contributed by atoms with van der Waals surface area (Å²) in [6, 6.07) is 3.44. The fourth-order valence-electron chi connectivity index (χ4n) is 2.20. The molecule has 0 saturated carbocycles. The summed E-state index contributed by atoms with van der Waals surface area (Å²) < 4.78 is 11.3. The van der Waals surface area contributed by atoms with Gasteiger partial charge in [-0.15, -0.1) is 11.3 Å². The zero-order valence-corrected chi connectivity index (χ0v) is 13.6. The average molecular weight is 325 g/mol. The third-order valence-electron chi connectivity index (χ3n) is 3.49. The lowest BCUT2D eigenvalue weighted by molar-refractivity contribution is 0.297. The molecule has 1 aliphatic rings. The molecule has 2 heterocycles. The maximum Gasteiger partial charge on any atom is 0.179 e. The van der Waals surface area contributed by atoms with Crippen LogP contribution in [0.15, 0.2) is 12.1 Å². The molecule has 112 valence electrons. The van der Waals surface area contributed by atoms with Crippen molar-refractivity contribution in [1.29, 1.82) is 0 Å². The van der Waals surface area contributed by atoms with Crippen molar-refractivity contribution < 1.29 is 9.47 Å². The molecule has 2 aromatic rings. The van der Waals surface area contributed by atoms with Gasteiger partial charge in [-0.3, -0.25) is 0 Å². The molecular weight excluding hydrogens is 308 g/mol. The monoisotopic (exact) mass is 324 g/mol. The second kappa shape index (κ2) is 5.83. The van der Waals surface area contributed by atoms with Gasteiger partial charge in [-0.05, 0) is 31.5 Å². The fraction of sp³-hybridized carbons (Fsp3) is 0.400. The van der Waals surface area contributed by atoms with E-state index in [-0.39, 0.29) is 6.04 Å². The van der Waals surface area contributed by atoms with Gasteiger partial charge in [0.15, 0.2) is 11.5 Å². The van der Waals surface area contributed by atoms with Crippen LogP contribution < -0.4 is 15.2 Å².